The van der Waals surface area contributed by atoms with Crippen molar-refractivity contribution in [3.63, 3.8) is 0 Å². The fourth-order valence-electron chi connectivity index (χ4n) is 13.3. The third-order valence-electron chi connectivity index (χ3n) is 17.3. The summed E-state index contributed by atoms with van der Waals surface area (Å²) in [5.74, 6) is -0.335. The van der Waals surface area contributed by atoms with Gasteiger partial charge in [0.1, 0.15) is 41.1 Å². The monoisotopic (exact) mass is 1070 g/mol. The molecule has 0 saturated carbocycles. The minimum atomic E-state index is -0.979. The van der Waals surface area contributed by atoms with Crippen LogP contribution in [-0.2, 0) is 25.5 Å². The zero-order chi connectivity index (χ0) is 54.7. The number of anilines is 2. The molecule has 3 amide bonds. The van der Waals surface area contributed by atoms with E-state index in [1.165, 1.54) is 25.3 Å². The number of nitrogens with one attached hydrogen (secondary N) is 1. The molecule has 78 heavy (non-hydrogen) atoms. The maximum absolute atomic E-state index is 16.9. The maximum atomic E-state index is 16.9. The van der Waals surface area contributed by atoms with Gasteiger partial charge >= 0.3 is 12.1 Å². The van der Waals surface area contributed by atoms with E-state index >= 15 is 4.39 Å². The van der Waals surface area contributed by atoms with Crippen molar-refractivity contribution < 1.29 is 46.2 Å². The van der Waals surface area contributed by atoms with Crippen LogP contribution in [0.2, 0.25) is 0 Å². The van der Waals surface area contributed by atoms with Gasteiger partial charge in [-0.1, -0.05) is 44.0 Å². The number of amides is 3. The Morgan fingerprint density at radius 3 is 2.24 bits per heavy atom. The van der Waals surface area contributed by atoms with Gasteiger partial charge in [0.15, 0.2) is 5.82 Å². The number of benzene rings is 3. The van der Waals surface area contributed by atoms with E-state index in [-0.39, 0.29) is 58.9 Å². The molecule has 18 heteroatoms. The van der Waals surface area contributed by atoms with Crippen LogP contribution in [0.25, 0.3) is 32.9 Å². The lowest BCUT2D eigenvalue weighted by molar-refractivity contribution is -0.134. The normalized spacial score (nSPS) is 21.5. The van der Waals surface area contributed by atoms with Crippen LogP contribution in [0, 0.1) is 47.4 Å². The number of piperidine rings is 3. The predicted molar refractivity (Wildman–Crippen MR) is 290 cm³/mol. The number of pyridine rings is 1. The lowest BCUT2D eigenvalue weighted by Gasteiger charge is -2.37. The number of methoxy groups -OCH3 is 1. The van der Waals surface area contributed by atoms with Gasteiger partial charge in [-0.2, -0.15) is 9.97 Å². The number of hydrogen-bond acceptors (Lipinski definition) is 12. The van der Waals surface area contributed by atoms with E-state index in [0.29, 0.717) is 77.0 Å². The van der Waals surface area contributed by atoms with Gasteiger partial charge in [-0.15, -0.1) is 6.42 Å². The molecular weight excluding hydrogens is 1000 g/mol. The fraction of sp³-hybridized carbons (Fsp3) is 0.533. The molecule has 414 valence electrons. The summed E-state index contributed by atoms with van der Waals surface area (Å²) in [6.45, 7) is 11.5. The van der Waals surface area contributed by atoms with Crippen LogP contribution >= 0.6 is 0 Å². The third kappa shape index (κ3) is 10.9. The number of rotatable bonds is 8. The molecular formula is C60H70F4N8O6. The Morgan fingerprint density at radius 2 is 1.55 bits per heavy atom. The first-order chi connectivity index (χ1) is 37.9. The molecule has 1 N–H and O–H groups in total. The van der Waals surface area contributed by atoms with Gasteiger partial charge in [-0.25, -0.2) is 27.3 Å². The zero-order valence-electron chi connectivity index (χ0n) is 45.0. The van der Waals surface area contributed by atoms with Crippen LogP contribution in [0.15, 0.2) is 42.5 Å². The Hall–Kier alpha value is -6.58. The Morgan fingerprint density at radius 1 is 0.833 bits per heavy atom. The van der Waals surface area contributed by atoms with Crippen LogP contribution in [0.1, 0.15) is 120 Å². The number of likely N-dealkylation sites (tertiary alicyclic amines) is 1. The van der Waals surface area contributed by atoms with Gasteiger partial charge in [0.25, 0.3) is 0 Å². The Kier molecular flexibility index (Phi) is 16.7. The van der Waals surface area contributed by atoms with Gasteiger partial charge < -0.3 is 28.9 Å². The number of terminal acetylenes is 1. The highest BCUT2D eigenvalue weighted by atomic mass is 19.1. The second kappa shape index (κ2) is 23.8. The maximum Gasteiger partial charge on any atom is 0.409 e. The van der Waals surface area contributed by atoms with Crippen LogP contribution in [0.5, 0.6) is 6.01 Å². The smallest absolute Gasteiger partial charge is 0.409 e. The van der Waals surface area contributed by atoms with E-state index in [9.17, 15) is 27.6 Å². The Labute approximate surface area is 453 Å². The highest BCUT2D eigenvalue weighted by Gasteiger charge is 2.45. The summed E-state index contributed by atoms with van der Waals surface area (Å²) in [4.78, 5) is 58.2. The molecule has 9 heterocycles. The van der Waals surface area contributed by atoms with Crippen molar-refractivity contribution in [3.8, 4) is 29.6 Å². The minimum absolute atomic E-state index is 0.00280. The molecule has 0 bridgehead atoms. The lowest BCUT2D eigenvalue weighted by atomic mass is 9.82. The third-order valence-corrected chi connectivity index (χ3v) is 17.3. The van der Waals surface area contributed by atoms with Crippen LogP contribution < -0.4 is 19.9 Å². The van der Waals surface area contributed by atoms with Crippen molar-refractivity contribution in [2.75, 3.05) is 82.5 Å². The van der Waals surface area contributed by atoms with Crippen molar-refractivity contribution in [1.29, 1.82) is 0 Å². The number of hydrogen-bond donors (Lipinski definition) is 1. The predicted octanol–water partition coefficient (Wildman–Crippen LogP) is 10.2. The summed E-state index contributed by atoms with van der Waals surface area (Å²) in [6.07, 6.45) is 17.4. The van der Waals surface area contributed by atoms with Crippen molar-refractivity contribution >= 4 is 51.1 Å². The highest BCUT2D eigenvalue weighted by Crippen LogP contribution is 2.43. The summed E-state index contributed by atoms with van der Waals surface area (Å²) in [7, 11) is 1.41. The van der Waals surface area contributed by atoms with E-state index in [2.05, 4.69) is 21.0 Å². The Bertz CT molecular complexity index is 3070. The topological polar surface area (TPSA) is 143 Å². The number of aromatic nitrogens is 3. The molecule has 7 aliphatic heterocycles. The molecule has 0 aliphatic carbocycles. The average molecular weight is 1080 g/mol. The van der Waals surface area contributed by atoms with Crippen molar-refractivity contribution in [2.24, 2.45) is 11.8 Å². The standard InChI is InChI=1S/C34H33F2N5O2.C24H31F2N3O4.C2H6/c1-2-23-25(35)11-9-21-7-3-8-24(27(21)23)30-29(36)31-28-26(37-30)12-10-22-19-42-18-6-17-41(22)32(28)39-33(38-31)43-20-34-13-4-15-40(34)16-5-14-34;1-33-24(32)29-10-6-16(7-11-29)12-15-4-8-28(9-5-15)17-13-19(25)22(20(26)14-17)18-2-3-21(30)27-23(18)31;1-2/h1,3,7-9,11,22H,4-6,10,12-20H2;13-16,18H,2-12H2,1H3,(H,27,30,31);1-2H3. The molecule has 6 fully saturated rings. The quantitative estimate of drug-likeness (QED) is 0.0898. The Balaban J connectivity index is 0.000000177. The fourth-order valence-corrected chi connectivity index (χ4v) is 13.3. The van der Waals surface area contributed by atoms with E-state index in [1.807, 2.05) is 30.9 Å². The lowest BCUT2D eigenvalue weighted by Crippen LogP contribution is -2.43. The van der Waals surface area contributed by atoms with Crippen LogP contribution in [0.3, 0.4) is 0 Å². The van der Waals surface area contributed by atoms with Crippen LogP contribution in [0.4, 0.5) is 33.9 Å². The highest BCUT2D eigenvalue weighted by molar-refractivity contribution is 6.03. The first kappa shape index (κ1) is 54.8. The van der Waals surface area contributed by atoms with Crippen LogP contribution in [-0.4, -0.2) is 127 Å². The van der Waals surface area contributed by atoms with Crippen molar-refractivity contribution in [1.82, 2.24) is 30.1 Å². The molecule has 0 radical (unpaired) electrons. The minimum Gasteiger partial charge on any atom is -0.461 e. The van der Waals surface area contributed by atoms with Crippen molar-refractivity contribution in [2.45, 2.75) is 121 Å². The summed E-state index contributed by atoms with van der Waals surface area (Å²) in [5, 5.41) is 3.96. The van der Waals surface area contributed by atoms with Gasteiger partial charge in [-0.05, 0) is 132 Å². The first-order valence-electron chi connectivity index (χ1n) is 28.1. The number of halogens is 4. The number of fused-ring (bicyclic) bond motifs is 4. The molecule has 2 atom stereocenters. The van der Waals surface area contributed by atoms with Gasteiger partial charge in [0, 0.05) is 68.0 Å². The van der Waals surface area contributed by atoms with E-state index < -0.39 is 41.0 Å². The summed E-state index contributed by atoms with van der Waals surface area (Å²) in [5.41, 5.74) is 1.77. The van der Waals surface area contributed by atoms with E-state index in [4.69, 9.17) is 35.6 Å². The van der Waals surface area contributed by atoms with Gasteiger partial charge in [-0.3, -0.25) is 19.8 Å². The number of aryl methyl sites for hydroxylation is 1. The second-order valence-electron chi connectivity index (χ2n) is 21.7. The number of ether oxygens (including phenoxy) is 3. The van der Waals surface area contributed by atoms with E-state index in [1.54, 1.807) is 17.0 Å². The van der Waals surface area contributed by atoms with Gasteiger partial charge in [0.05, 0.1) is 47.9 Å². The molecule has 7 aliphatic rings. The summed E-state index contributed by atoms with van der Waals surface area (Å²) >= 11 is 0. The van der Waals surface area contributed by atoms with Crippen molar-refractivity contribution in [3.05, 3.63) is 82.6 Å². The van der Waals surface area contributed by atoms with E-state index in [0.717, 1.165) is 116 Å². The number of carbonyl (C=O) groups excluding carboxylic acids is 3. The number of carbonyl (C=O) groups is 3. The molecule has 6 saturated heterocycles. The first-order valence-corrected chi connectivity index (χ1v) is 28.1. The summed E-state index contributed by atoms with van der Waals surface area (Å²) < 4.78 is 78.6. The molecule has 14 nitrogen and oxygen atoms in total. The largest absolute Gasteiger partial charge is 0.461 e. The SMILES string of the molecule is C#Cc1c(F)ccc2cccc(-c3nc4c5c(nc(OCC67CCCN6CCC7)nc5c3F)N3CCCOCC3CC4)c12.CC.COC(=O)N1CCC(CC2CCN(c3cc(F)c(C4CCC(=O)NC4=O)c(F)c3)CC2)CC1. The molecule has 12 rings (SSSR count). The molecule has 2 aromatic heterocycles. The number of nitrogens with zero attached hydrogens (tertiary/aromatic N) is 7. The molecule has 0 spiro atoms. The molecule has 2 unspecified atom stereocenters. The van der Waals surface area contributed by atoms with Gasteiger partial charge in [0.2, 0.25) is 11.8 Å². The summed E-state index contributed by atoms with van der Waals surface area (Å²) in [6, 6.07) is 11.3. The molecule has 3 aromatic carbocycles. The molecule has 5 aromatic rings. The zero-order valence-corrected chi connectivity index (χ0v) is 45.0. The average Bonchev–Trinajstić information content (AvgIpc) is 4.09. The second-order valence-corrected chi connectivity index (χ2v) is 21.7. The number of imide groups is 1.